The predicted octanol–water partition coefficient (Wildman–Crippen LogP) is 2.62. The van der Waals surface area contributed by atoms with Crippen molar-refractivity contribution in [2.75, 3.05) is 49.5 Å². The summed E-state index contributed by atoms with van der Waals surface area (Å²) in [7, 11) is -3.64. The van der Waals surface area contributed by atoms with Gasteiger partial charge in [0.15, 0.2) is 0 Å². The van der Waals surface area contributed by atoms with Crippen molar-refractivity contribution in [3.8, 4) is 0 Å². The number of nitrogens with one attached hydrogen (secondary N) is 1. The first-order chi connectivity index (χ1) is 17.1. The van der Waals surface area contributed by atoms with Crippen LogP contribution in [0.15, 0.2) is 47.5 Å². The molecule has 0 spiro atoms. The molecule has 12 heteroatoms. The van der Waals surface area contributed by atoms with E-state index in [2.05, 4.69) is 20.1 Å². The highest BCUT2D eigenvalue weighted by atomic mass is 32.2. The summed E-state index contributed by atoms with van der Waals surface area (Å²) in [5, 5.41) is 13.0. The minimum atomic E-state index is -4.43. The van der Waals surface area contributed by atoms with Gasteiger partial charge in [-0.2, -0.15) is 17.5 Å². The minimum absolute atomic E-state index is 0.0733. The van der Waals surface area contributed by atoms with Gasteiger partial charge in [0, 0.05) is 63.2 Å². The van der Waals surface area contributed by atoms with Crippen molar-refractivity contribution in [2.24, 2.45) is 0 Å². The van der Waals surface area contributed by atoms with Crippen LogP contribution in [0.3, 0.4) is 0 Å². The van der Waals surface area contributed by atoms with Gasteiger partial charge >= 0.3 is 6.18 Å². The molecule has 2 aromatic rings. The van der Waals surface area contributed by atoms with Crippen LogP contribution in [0.1, 0.15) is 24.8 Å². The SMILES string of the molecule is O=S(=O)(c1ccc(N2CCN3C[C@H](O)C[C@H]3C2)cc1)N1CCC(Nc2ccc(C(F)(F)F)cn2)CC1. The Hall–Kier alpha value is -2.41. The van der Waals surface area contributed by atoms with Gasteiger partial charge in [0.25, 0.3) is 0 Å². The van der Waals surface area contributed by atoms with Gasteiger partial charge in [-0.3, -0.25) is 4.90 Å². The summed E-state index contributed by atoms with van der Waals surface area (Å²) in [5.74, 6) is 0.341. The number of nitrogens with zero attached hydrogens (tertiary/aromatic N) is 4. The molecule has 0 saturated carbocycles. The molecule has 8 nitrogen and oxygen atoms in total. The van der Waals surface area contributed by atoms with Crippen molar-refractivity contribution >= 4 is 21.5 Å². The highest BCUT2D eigenvalue weighted by molar-refractivity contribution is 7.89. The highest BCUT2D eigenvalue weighted by Crippen LogP contribution is 2.30. The first-order valence-corrected chi connectivity index (χ1v) is 13.6. The lowest BCUT2D eigenvalue weighted by Gasteiger charge is -2.38. The number of rotatable bonds is 5. The van der Waals surface area contributed by atoms with Gasteiger partial charge in [0.1, 0.15) is 5.82 Å². The molecular formula is C24H30F3N5O3S. The van der Waals surface area contributed by atoms with Gasteiger partial charge in [-0.05, 0) is 55.7 Å². The number of benzene rings is 1. The Kier molecular flexibility index (Phi) is 6.88. The number of alkyl halides is 3. The molecule has 36 heavy (non-hydrogen) atoms. The number of halogens is 3. The molecule has 5 rings (SSSR count). The van der Waals surface area contributed by atoms with Gasteiger partial charge in [0.05, 0.1) is 16.6 Å². The van der Waals surface area contributed by atoms with Crippen LogP contribution < -0.4 is 10.2 Å². The Morgan fingerprint density at radius 2 is 1.69 bits per heavy atom. The van der Waals surface area contributed by atoms with E-state index in [1.807, 2.05) is 12.1 Å². The van der Waals surface area contributed by atoms with Crippen molar-refractivity contribution in [2.45, 2.75) is 48.5 Å². The number of hydrogen-bond acceptors (Lipinski definition) is 7. The maximum atomic E-state index is 13.2. The summed E-state index contributed by atoms with van der Waals surface area (Å²) in [6.45, 7) is 3.89. The molecular weight excluding hydrogens is 495 g/mol. The van der Waals surface area contributed by atoms with E-state index in [1.165, 1.54) is 10.4 Å². The summed E-state index contributed by atoms with van der Waals surface area (Å²) in [6, 6.07) is 9.52. The molecule has 3 aliphatic rings. The predicted molar refractivity (Wildman–Crippen MR) is 129 cm³/mol. The van der Waals surface area contributed by atoms with Crippen molar-refractivity contribution in [3.05, 3.63) is 48.2 Å². The fourth-order valence-corrected chi connectivity index (χ4v) is 6.79. The fourth-order valence-electron chi connectivity index (χ4n) is 5.33. The van der Waals surface area contributed by atoms with Crippen LogP contribution in [0.5, 0.6) is 0 Å². The molecule has 4 heterocycles. The van der Waals surface area contributed by atoms with Crippen LogP contribution in [-0.2, 0) is 16.2 Å². The third-order valence-electron chi connectivity index (χ3n) is 7.33. The van der Waals surface area contributed by atoms with Gasteiger partial charge < -0.3 is 15.3 Å². The summed E-state index contributed by atoms with van der Waals surface area (Å²) < 4.78 is 66.0. The number of piperazine rings is 1. The lowest BCUT2D eigenvalue weighted by atomic mass is 10.1. The molecule has 1 aromatic heterocycles. The first-order valence-electron chi connectivity index (χ1n) is 12.2. The van der Waals surface area contributed by atoms with Crippen molar-refractivity contribution in [1.29, 1.82) is 0 Å². The van der Waals surface area contributed by atoms with Gasteiger partial charge in [-0.1, -0.05) is 0 Å². The normalized spacial score (nSPS) is 24.6. The number of fused-ring (bicyclic) bond motifs is 1. The molecule has 3 aliphatic heterocycles. The van der Waals surface area contributed by atoms with E-state index in [0.717, 1.165) is 50.6 Å². The lowest BCUT2D eigenvalue weighted by molar-refractivity contribution is -0.137. The second-order valence-corrected chi connectivity index (χ2v) is 11.7. The quantitative estimate of drug-likeness (QED) is 0.621. The number of pyridine rings is 1. The summed E-state index contributed by atoms with van der Waals surface area (Å²) in [4.78, 5) is 8.64. The molecule has 2 atom stereocenters. The fraction of sp³-hybridized carbons (Fsp3) is 0.542. The Labute approximate surface area is 208 Å². The molecule has 0 amide bonds. The maximum Gasteiger partial charge on any atom is 0.417 e. The van der Waals surface area contributed by atoms with Crippen LogP contribution >= 0.6 is 0 Å². The zero-order chi connectivity index (χ0) is 25.5. The molecule has 2 N–H and O–H groups in total. The van der Waals surface area contributed by atoms with E-state index in [0.29, 0.717) is 37.8 Å². The van der Waals surface area contributed by atoms with E-state index in [-0.39, 0.29) is 17.0 Å². The number of aromatic nitrogens is 1. The Bertz CT molecular complexity index is 1150. The van der Waals surface area contributed by atoms with Gasteiger partial charge in [0.2, 0.25) is 10.0 Å². The van der Waals surface area contributed by atoms with Crippen molar-refractivity contribution in [3.63, 3.8) is 0 Å². The second kappa shape index (κ2) is 9.81. The standard InChI is InChI=1S/C24H30F3N5O3S/c25-24(26,27)17-1-6-23(28-14-17)29-18-7-9-32(10-8-18)36(34,35)22-4-2-19(3-5-22)30-11-12-31-16-21(33)13-20(31)15-30/h1-6,14,18,20-21,33H,7-13,15-16H2,(H,28,29)/t20-,21+/m0/s1. The maximum absolute atomic E-state index is 13.2. The molecule has 0 unspecified atom stereocenters. The van der Waals surface area contributed by atoms with Crippen molar-refractivity contribution in [1.82, 2.24) is 14.2 Å². The number of sulfonamides is 1. The monoisotopic (exact) mass is 525 g/mol. The zero-order valence-electron chi connectivity index (χ0n) is 19.7. The van der Waals surface area contributed by atoms with E-state index in [1.54, 1.807) is 12.1 Å². The van der Waals surface area contributed by atoms with E-state index < -0.39 is 21.8 Å². The van der Waals surface area contributed by atoms with E-state index in [9.17, 15) is 26.7 Å². The average Bonchev–Trinajstić information content (AvgIpc) is 3.23. The molecule has 0 aliphatic carbocycles. The first kappa shape index (κ1) is 25.2. The van der Waals surface area contributed by atoms with Crippen LogP contribution in [0.2, 0.25) is 0 Å². The van der Waals surface area contributed by atoms with E-state index in [4.69, 9.17) is 0 Å². The topological polar surface area (TPSA) is 89.0 Å². The summed E-state index contributed by atoms with van der Waals surface area (Å²) >= 11 is 0. The number of piperidine rings is 1. The lowest BCUT2D eigenvalue weighted by Crippen LogP contribution is -2.50. The highest BCUT2D eigenvalue weighted by Gasteiger charge is 2.36. The van der Waals surface area contributed by atoms with Gasteiger partial charge in [-0.15, -0.1) is 0 Å². The van der Waals surface area contributed by atoms with Crippen LogP contribution in [0.4, 0.5) is 24.7 Å². The molecule has 3 fully saturated rings. The smallest absolute Gasteiger partial charge is 0.392 e. The third-order valence-corrected chi connectivity index (χ3v) is 9.24. The number of hydrogen-bond donors (Lipinski definition) is 2. The zero-order valence-corrected chi connectivity index (χ0v) is 20.5. The van der Waals surface area contributed by atoms with Crippen LogP contribution in [-0.4, -0.2) is 85.2 Å². The Morgan fingerprint density at radius 3 is 2.33 bits per heavy atom. The van der Waals surface area contributed by atoms with E-state index >= 15 is 0 Å². The van der Waals surface area contributed by atoms with Gasteiger partial charge in [-0.25, -0.2) is 13.4 Å². The number of aliphatic hydroxyl groups excluding tert-OH is 1. The molecule has 1 aromatic carbocycles. The molecule has 0 bridgehead atoms. The average molecular weight is 526 g/mol. The van der Waals surface area contributed by atoms with Crippen LogP contribution in [0.25, 0.3) is 0 Å². The van der Waals surface area contributed by atoms with Crippen LogP contribution in [0, 0.1) is 0 Å². The Balaban J connectivity index is 1.16. The largest absolute Gasteiger partial charge is 0.417 e. The number of anilines is 2. The summed E-state index contributed by atoms with van der Waals surface area (Å²) in [6.07, 6.45) is -2.09. The molecule has 196 valence electrons. The minimum Gasteiger partial charge on any atom is -0.392 e. The summed E-state index contributed by atoms with van der Waals surface area (Å²) in [5.41, 5.74) is 0.168. The molecule has 0 radical (unpaired) electrons. The number of aliphatic hydroxyl groups is 1. The second-order valence-electron chi connectivity index (χ2n) is 9.73. The third kappa shape index (κ3) is 5.31. The van der Waals surface area contributed by atoms with Crippen molar-refractivity contribution < 1.29 is 26.7 Å². The Morgan fingerprint density at radius 1 is 0.972 bits per heavy atom. The molecule has 3 saturated heterocycles.